The van der Waals surface area contributed by atoms with Crippen molar-refractivity contribution in [2.45, 2.75) is 13.0 Å². The third kappa shape index (κ3) is 4.02. The molecular weight excluding hydrogens is 301 g/mol. The zero-order valence-electron chi connectivity index (χ0n) is 10.8. The lowest BCUT2D eigenvalue weighted by molar-refractivity contribution is -0.121. The number of nitrogens with one attached hydrogen (secondary N) is 2. The monoisotopic (exact) mass is 315 g/mol. The van der Waals surface area contributed by atoms with Crippen molar-refractivity contribution in [3.63, 3.8) is 0 Å². The molecule has 0 saturated carbocycles. The van der Waals surface area contributed by atoms with Crippen molar-refractivity contribution >= 4 is 35.1 Å². The van der Waals surface area contributed by atoms with Crippen LogP contribution in [0.25, 0.3) is 0 Å². The first-order valence-electron chi connectivity index (χ1n) is 6.29. The molecule has 108 valence electrons. The van der Waals surface area contributed by atoms with Crippen molar-refractivity contribution in [2.24, 2.45) is 0 Å². The van der Waals surface area contributed by atoms with Crippen LogP contribution in [0, 0.1) is 0 Å². The highest BCUT2D eigenvalue weighted by Crippen LogP contribution is 2.20. The second-order valence-corrected chi connectivity index (χ2v) is 5.36. The summed E-state index contributed by atoms with van der Waals surface area (Å²) in [4.78, 5) is 24.9. The highest BCUT2D eigenvalue weighted by Gasteiger charge is 2.19. The summed E-state index contributed by atoms with van der Waals surface area (Å²) in [5.74, 6) is -0.137. The predicted molar refractivity (Wildman–Crippen MR) is 77.9 cm³/mol. The first-order valence-corrected chi connectivity index (χ1v) is 7.05. The molecule has 1 fully saturated rings. The van der Waals surface area contributed by atoms with Gasteiger partial charge in [0.05, 0.1) is 0 Å². The van der Waals surface area contributed by atoms with Crippen LogP contribution in [-0.2, 0) is 11.3 Å². The Morgan fingerprint density at radius 3 is 2.95 bits per heavy atom. The van der Waals surface area contributed by atoms with Crippen LogP contribution in [-0.4, -0.2) is 36.5 Å². The number of hydrogen-bond donors (Lipinski definition) is 2. The highest BCUT2D eigenvalue weighted by atomic mass is 35.5. The number of nitrogens with zero attached hydrogens (tertiary/aromatic N) is 1. The third-order valence-electron chi connectivity index (χ3n) is 2.99. The van der Waals surface area contributed by atoms with Crippen molar-refractivity contribution in [3.05, 3.63) is 33.8 Å². The SMILES string of the molecule is O=C1CN(C(=O)NCc2ccc(Cl)cc2Cl)CCCN1. The molecular formula is C13H15Cl2N3O2. The van der Waals surface area contributed by atoms with E-state index in [9.17, 15) is 9.59 Å². The molecule has 20 heavy (non-hydrogen) atoms. The third-order valence-corrected chi connectivity index (χ3v) is 3.58. The van der Waals surface area contributed by atoms with E-state index in [-0.39, 0.29) is 18.5 Å². The largest absolute Gasteiger partial charge is 0.354 e. The number of halogens is 2. The molecule has 1 aliphatic rings. The van der Waals surface area contributed by atoms with E-state index >= 15 is 0 Å². The molecule has 1 aliphatic heterocycles. The Kier molecular flexibility index (Phi) is 5.09. The Balaban J connectivity index is 1.92. The smallest absolute Gasteiger partial charge is 0.318 e. The summed E-state index contributed by atoms with van der Waals surface area (Å²) in [7, 11) is 0. The fourth-order valence-corrected chi connectivity index (χ4v) is 2.40. The zero-order chi connectivity index (χ0) is 14.5. The van der Waals surface area contributed by atoms with E-state index in [2.05, 4.69) is 10.6 Å². The summed E-state index contributed by atoms with van der Waals surface area (Å²) < 4.78 is 0. The van der Waals surface area contributed by atoms with Crippen LogP contribution in [0.1, 0.15) is 12.0 Å². The molecule has 0 unspecified atom stereocenters. The van der Waals surface area contributed by atoms with Gasteiger partial charge in [-0.3, -0.25) is 4.79 Å². The summed E-state index contributed by atoms with van der Waals surface area (Å²) in [6, 6.07) is 4.84. The molecule has 0 bridgehead atoms. The van der Waals surface area contributed by atoms with E-state index in [0.717, 1.165) is 12.0 Å². The number of hydrogen-bond acceptors (Lipinski definition) is 2. The molecule has 0 aromatic heterocycles. The standard InChI is InChI=1S/C13H15Cl2N3O2/c14-10-3-2-9(11(15)6-10)7-17-13(20)18-5-1-4-16-12(19)8-18/h2-3,6H,1,4-5,7-8H2,(H,16,19)(H,17,20). The maximum absolute atomic E-state index is 12.0. The lowest BCUT2D eigenvalue weighted by Gasteiger charge is -2.19. The highest BCUT2D eigenvalue weighted by molar-refractivity contribution is 6.35. The minimum Gasteiger partial charge on any atom is -0.354 e. The van der Waals surface area contributed by atoms with Gasteiger partial charge in [-0.15, -0.1) is 0 Å². The minimum atomic E-state index is -0.270. The van der Waals surface area contributed by atoms with Gasteiger partial charge >= 0.3 is 6.03 Å². The maximum Gasteiger partial charge on any atom is 0.318 e. The van der Waals surface area contributed by atoms with Gasteiger partial charge in [0.2, 0.25) is 5.91 Å². The number of carbonyl (C=O) groups is 2. The molecule has 1 saturated heterocycles. The Labute approximate surface area is 127 Å². The Bertz CT molecular complexity index is 522. The van der Waals surface area contributed by atoms with Crippen molar-refractivity contribution in [1.29, 1.82) is 0 Å². The van der Waals surface area contributed by atoms with Crippen LogP contribution < -0.4 is 10.6 Å². The molecule has 1 aromatic rings. The molecule has 2 N–H and O–H groups in total. The van der Waals surface area contributed by atoms with E-state index in [4.69, 9.17) is 23.2 Å². The van der Waals surface area contributed by atoms with Crippen LogP contribution in [0.4, 0.5) is 4.79 Å². The Morgan fingerprint density at radius 1 is 1.40 bits per heavy atom. The van der Waals surface area contributed by atoms with Crippen molar-refractivity contribution in [1.82, 2.24) is 15.5 Å². The lowest BCUT2D eigenvalue weighted by atomic mass is 10.2. The van der Waals surface area contributed by atoms with E-state index in [0.29, 0.717) is 29.7 Å². The quantitative estimate of drug-likeness (QED) is 0.877. The van der Waals surface area contributed by atoms with Gasteiger partial charge in [0.15, 0.2) is 0 Å². The topological polar surface area (TPSA) is 61.4 Å². The van der Waals surface area contributed by atoms with Gasteiger partial charge in [-0.1, -0.05) is 29.3 Å². The molecule has 1 aromatic carbocycles. The van der Waals surface area contributed by atoms with Crippen molar-refractivity contribution in [3.8, 4) is 0 Å². The number of rotatable bonds is 2. The molecule has 7 heteroatoms. The van der Waals surface area contributed by atoms with Crippen LogP contribution in [0.15, 0.2) is 18.2 Å². The average molecular weight is 316 g/mol. The maximum atomic E-state index is 12.0. The molecule has 0 atom stereocenters. The number of benzene rings is 1. The molecule has 0 spiro atoms. The first kappa shape index (κ1) is 14.9. The summed E-state index contributed by atoms with van der Waals surface area (Å²) in [6.07, 6.45) is 0.751. The second-order valence-electron chi connectivity index (χ2n) is 4.52. The van der Waals surface area contributed by atoms with Gasteiger partial charge < -0.3 is 15.5 Å². The van der Waals surface area contributed by atoms with Gasteiger partial charge in [-0.25, -0.2) is 4.79 Å². The fraction of sp³-hybridized carbons (Fsp3) is 0.385. The molecule has 0 radical (unpaired) electrons. The van der Waals surface area contributed by atoms with Crippen LogP contribution in [0.2, 0.25) is 10.0 Å². The number of amides is 3. The fourth-order valence-electron chi connectivity index (χ4n) is 1.93. The number of urea groups is 1. The van der Waals surface area contributed by atoms with Crippen molar-refractivity contribution in [2.75, 3.05) is 19.6 Å². The predicted octanol–water partition coefficient (Wildman–Crippen LogP) is 2.02. The minimum absolute atomic E-state index is 0.0835. The molecule has 2 rings (SSSR count). The second kappa shape index (κ2) is 6.81. The number of carbonyl (C=O) groups excluding carboxylic acids is 2. The van der Waals surface area contributed by atoms with E-state index in [1.54, 1.807) is 18.2 Å². The first-order chi connectivity index (χ1) is 9.56. The zero-order valence-corrected chi connectivity index (χ0v) is 12.3. The van der Waals surface area contributed by atoms with Crippen LogP contribution in [0.3, 0.4) is 0 Å². The van der Waals surface area contributed by atoms with E-state index in [1.807, 2.05) is 0 Å². The van der Waals surface area contributed by atoms with Gasteiger partial charge in [-0.2, -0.15) is 0 Å². The van der Waals surface area contributed by atoms with Gasteiger partial charge in [0.25, 0.3) is 0 Å². The molecule has 3 amide bonds. The lowest BCUT2D eigenvalue weighted by Crippen LogP contribution is -2.43. The van der Waals surface area contributed by atoms with E-state index in [1.165, 1.54) is 4.90 Å². The van der Waals surface area contributed by atoms with E-state index < -0.39 is 0 Å². The molecule has 1 heterocycles. The summed E-state index contributed by atoms with van der Waals surface area (Å²) in [5, 5.41) is 6.54. The Hall–Kier alpha value is -1.46. The summed E-state index contributed by atoms with van der Waals surface area (Å²) >= 11 is 11.8. The van der Waals surface area contributed by atoms with Crippen LogP contribution >= 0.6 is 23.2 Å². The van der Waals surface area contributed by atoms with Gasteiger partial charge in [0.1, 0.15) is 6.54 Å². The average Bonchev–Trinajstić information content (AvgIpc) is 2.62. The van der Waals surface area contributed by atoms with Gasteiger partial charge in [-0.05, 0) is 24.1 Å². The van der Waals surface area contributed by atoms with Crippen LogP contribution in [0.5, 0.6) is 0 Å². The normalized spacial score (nSPS) is 15.5. The van der Waals surface area contributed by atoms with Gasteiger partial charge in [0, 0.05) is 29.7 Å². The summed E-state index contributed by atoms with van der Waals surface area (Å²) in [5.41, 5.74) is 0.781. The molecule has 5 nitrogen and oxygen atoms in total. The Morgan fingerprint density at radius 2 is 2.20 bits per heavy atom. The summed E-state index contributed by atoms with van der Waals surface area (Å²) in [6.45, 7) is 1.54. The van der Waals surface area contributed by atoms with Crippen molar-refractivity contribution < 1.29 is 9.59 Å². The molecule has 0 aliphatic carbocycles.